The molecule has 3 heteroatoms. The second-order valence-corrected chi connectivity index (χ2v) is 5.83. The molecular weight excluding hydrogens is 264 g/mol. The number of nitrogens with two attached hydrogens (primary N) is 1. The molecule has 86 valence electrons. The molecule has 0 saturated heterocycles. The van der Waals surface area contributed by atoms with Gasteiger partial charge in [-0.05, 0) is 44.5 Å². The van der Waals surface area contributed by atoms with E-state index in [4.69, 9.17) is 5.73 Å². The number of fused-ring (bicyclic) bond motifs is 1. The van der Waals surface area contributed by atoms with Gasteiger partial charge in [0.05, 0.1) is 5.54 Å². The third kappa shape index (κ3) is 1.68. The number of aromatic nitrogens is 1. The zero-order chi connectivity index (χ0) is 12.1. The number of hydrogen-bond donors (Lipinski definition) is 1. The summed E-state index contributed by atoms with van der Waals surface area (Å²) in [6.45, 7) is 6.23. The molecule has 0 bridgehead atoms. The van der Waals surface area contributed by atoms with E-state index in [2.05, 4.69) is 52.7 Å². The Bertz CT molecular complexity index is 547. The number of benzene rings is 1. The largest absolute Gasteiger partial charge is 0.346 e. The van der Waals surface area contributed by atoms with Crippen molar-refractivity contribution in [2.45, 2.75) is 26.3 Å². The van der Waals surface area contributed by atoms with Gasteiger partial charge in [-0.2, -0.15) is 0 Å². The normalized spacial score (nSPS) is 12.4. The van der Waals surface area contributed by atoms with Gasteiger partial charge in [-0.15, -0.1) is 0 Å². The molecule has 0 aliphatic rings. The summed E-state index contributed by atoms with van der Waals surface area (Å²) in [5, 5.41) is 1.27. The standard InChI is InChI=1S/C13H17BrN2/c1-8-10-7-9(14)5-6-11(10)16(4)12(8)13(2,3)15/h5-7H,15H2,1-4H3. The average molecular weight is 281 g/mol. The van der Waals surface area contributed by atoms with E-state index in [1.165, 1.54) is 22.2 Å². The highest BCUT2D eigenvalue weighted by Gasteiger charge is 2.23. The molecule has 0 aliphatic carbocycles. The van der Waals surface area contributed by atoms with Crippen LogP contribution in [0.3, 0.4) is 0 Å². The van der Waals surface area contributed by atoms with Crippen LogP contribution in [0.5, 0.6) is 0 Å². The Kier molecular flexibility index (Phi) is 2.63. The van der Waals surface area contributed by atoms with Gasteiger partial charge in [0.25, 0.3) is 0 Å². The highest BCUT2D eigenvalue weighted by atomic mass is 79.9. The smallest absolute Gasteiger partial charge is 0.0509 e. The molecule has 0 spiro atoms. The molecule has 1 aromatic heterocycles. The first-order valence-corrected chi connectivity index (χ1v) is 6.15. The molecule has 0 atom stereocenters. The van der Waals surface area contributed by atoms with Gasteiger partial charge in [-0.1, -0.05) is 15.9 Å². The van der Waals surface area contributed by atoms with E-state index in [1.807, 2.05) is 13.8 Å². The molecule has 0 amide bonds. The first kappa shape index (κ1) is 11.7. The van der Waals surface area contributed by atoms with Crippen LogP contribution in [0.25, 0.3) is 10.9 Å². The number of aryl methyl sites for hydroxylation is 2. The van der Waals surface area contributed by atoms with Crippen LogP contribution in [0, 0.1) is 6.92 Å². The summed E-state index contributed by atoms with van der Waals surface area (Å²) in [7, 11) is 2.08. The van der Waals surface area contributed by atoms with Crippen LogP contribution in [0.4, 0.5) is 0 Å². The minimum Gasteiger partial charge on any atom is -0.346 e. The Balaban J connectivity index is 2.87. The van der Waals surface area contributed by atoms with Gasteiger partial charge < -0.3 is 10.3 Å². The van der Waals surface area contributed by atoms with E-state index >= 15 is 0 Å². The Morgan fingerprint density at radius 3 is 2.50 bits per heavy atom. The zero-order valence-electron chi connectivity index (χ0n) is 10.1. The van der Waals surface area contributed by atoms with Crippen molar-refractivity contribution in [2.24, 2.45) is 12.8 Å². The highest BCUT2D eigenvalue weighted by molar-refractivity contribution is 9.10. The maximum absolute atomic E-state index is 6.23. The van der Waals surface area contributed by atoms with Crippen LogP contribution in [0.1, 0.15) is 25.1 Å². The zero-order valence-corrected chi connectivity index (χ0v) is 11.7. The van der Waals surface area contributed by atoms with Gasteiger partial charge in [-0.25, -0.2) is 0 Å². The lowest BCUT2D eigenvalue weighted by atomic mass is 9.98. The number of hydrogen-bond acceptors (Lipinski definition) is 1. The van der Waals surface area contributed by atoms with Gasteiger partial charge >= 0.3 is 0 Å². The molecule has 1 heterocycles. The molecule has 0 unspecified atom stereocenters. The fraction of sp³-hybridized carbons (Fsp3) is 0.385. The molecular formula is C13H17BrN2. The monoisotopic (exact) mass is 280 g/mol. The quantitative estimate of drug-likeness (QED) is 0.852. The predicted octanol–water partition coefficient (Wildman–Crippen LogP) is 3.44. The van der Waals surface area contributed by atoms with Crippen molar-refractivity contribution in [2.75, 3.05) is 0 Å². The van der Waals surface area contributed by atoms with Gasteiger partial charge in [0.1, 0.15) is 0 Å². The maximum atomic E-state index is 6.23. The van der Waals surface area contributed by atoms with Crippen molar-refractivity contribution in [1.82, 2.24) is 4.57 Å². The molecule has 0 saturated carbocycles. The Hall–Kier alpha value is -0.800. The molecule has 2 nitrogen and oxygen atoms in total. The van der Waals surface area contributed by atoms with Gasteiger partial charge in [-0.3, -0.25) is 0 Å². The fourth-order valence-corrected chi connectivity index (χ4v) is 2.88. The topological polar surface area (TPSA) is 30.9 Å². The highest BCUT2D eigenvalue weighted by Crippen LogP contribution is 2.32. The minimum atomic E-state index is -0.315. The second kappa shape index (κ2) is 3.60. The molecule has 2 rings (SSSR count). The molecule has 0 aliphatic heterocycles. The lowest BCUT2D eigenvalue weighted by Crippen LogP contribution is -2.31. The van der Waals surface area contributed by atoms with Crippen LogP contribution < -0.4 is 5.73 Å². The van der Waals surface area contributed by atoms with Crippen LogP contribution in [-0.4, -0.2) is 4.57 Å². The van der Waals surface area contributed by atoms with Crippen molar-refractivity contribution in [1.29, 1.82) is 0 Å². The summed E-state index contributed by atoms with van der Waals surface area (Å²) >= 11 is 3.51. The summed E-state index contributed by atoms with van der Waals surface area (Å²) < 4.78 is 3.30. The molecule has 16 heavy (non-hydrogen) atoms. The number of rotatable bonds is 1. The SMILES string of the molecule is Cc1c(C(C)(C)N)n(C)c2ccc(Br)cc12. The fourth-order valence-electron chi connectivity index (χ4n) is 2.52. The third-order valence-corrected chi connectivity index (χ3v) is 3.52. The van der Waals surface area contributed by atoms with Crippen molar-refractivity contribution in [3.8, 4) is 0 Å². The van der Waals surface area contributed by atoms with Gasteiger partial charge in [0.15, 0.2) is 0 Å². The Labute approximate surface area is 105 Å². The average Bonchev–Trinajstić information content (AvgIpc) is 2.38. The summed E-state index contributed by atoms with van der Waals surface area (Å²) in [4.78, 5) is 0. The van der Waals surface area contributed by atoms with E-state index in [9.17, 15) is 0 Å². The van der Waals surface area contributed by atoms with E-state index in [0.717, 1.165) is 4.47 Å². The van der Waals surface area contributed by atoms with E-state index in [-0.39, 0.29) is 5.54 Å². The van der Waals surface area contributed by atoms with E-state index in [1.54, 1.807) is 0 Å². The lowest BCUT2D eigenvalue weighted by molar-refractivity contribution is 0.513. The van der Waals surface area contributed by atoms with E-state index < -0.39 is 0 Å². The number of halogens is 1. The summed E-state index contributed by atoms with van der Waals surface area (Å²) in [5.74, 6) is 0. The first-order valence-electron chi connectivity index (χ1n) is 5.36. The molecule has 1 aromatic carbocycles. The second-order valence-electron chi connectivity index (χ2n) is 4.92. The van der Waals surface area contributed by atoms with Crippen LogP contribution in [0.15, 0.2) is 22.7 Å². The van der Waals surface area contributed by atoms with Crippen LogP contribution in [-0.2, 0) is 12.6 Å². The van der Waals surface area contributed by atoms with Crippen molar-refractivity contribution in [3.05, 3.63) is 33.9 Å². The van der Waals surface area contributed by atoms with E-state index in [0.29, 0.717) is 0 Å². The maximum Gasteiger partial charge on any atom is 0.0509 e. The summed E-state index contributed by atoms with van der Waals surface area (Å²) in [6, 6.07) is 6.34. The first-order chi connectivity index (χ1) is 7.32. The summed E-state index contributed by atoms with van der Waals surface area (Å²) in [5.41, 5.74) is 9.61. The van der Waals surface area contributed by atoms with Gasteiger partial charge in [0.2, 0.25) is 0 Å². The lowest BCUT2D eigenvalue weighted by Gasteiger charge is -2.21. The molecule has 0 fully saturated rings. The molecule has 2 aromatic rings. The van der Waals surface area contributed by atoms with Crippen LogP contribution in [0.2, 0.25) is 0 Å². The van der Waals surface area contributed by atoms with Gasteiger partial charge in [0, 0.05) is 28.1 Å². The summed E-state index contributed by atoms with van der Waals surface area (Å²) in [6.07, 6.45) is 0. The molecule has 0 radical (unpaired) electrons. The Morgan fingerprint density at radius 1 is 1.31 bits per heavy atom. The molecule has 2 N–H and O–H groups in total. The third-order valence-electron chi connectivity index (χ3n) is 3.02. The Morgan fingerprint density at radius 2 is 1.94 bits per heavy atom. The predicted molar refractivity (Wildman–Crippen MR) is 72.6 cm³/mol. The van der Waals surface area contributed by atoms with Crippen molar-refractivity contribution < 1.29 is 0 Å². The number of nitrogens with zero attached hydrogens (tertiary/aromatic N) is 1. The van der Waals surface area contributed by atoms with Crippen molar-refractivity contribution >= 4 is 26.8 Å². The minimum absolute atomic E-state index is 0.315. The van der Waals surface area contributed by atoms with Crippen molar-refractivity contribution in [3.63, 3.8) is 0 Å². The van der Waals surface area contributed by atoms with Crippen LogP contribution >= 0.6 is 15.9 Å².